The number of piperazine rings is 1. The summed E-state index contributed by atoms with van der Waals surface area (Å²) in [4.78, 5) is 47.0. The molecule has 1 aliphatic carbocycles. The number of benzene rings is 2. The molecule has 6 aromatic rings. The average molecular weight is 1080 g/mol. The van der Waals surface area contributed by atoms with Crippen LogP contribution in [0.15, 0.2) is 89.0 Å². The quantitative estimate of drug-likeness (QED) is 0.0614. The van der Waals surface area contributed by atoms with E-state index in [4.69, 9.17) is 24.5 Å². The van der Waals surface area contributed by atoms with E-state index < -0.39 is 18.1 Å². The predicted octanol–water partition coefficient (Wildman–Crippen LogP) is 7.54. The van der Waals surface area contributed by atoms with Gasteiger partial charge in [-0.15, -0.1) is 21.5 Å². The minimum Gasteiger partial charge on any atom is -0.507 e. The lowest BCUT2D eigenvalue weighted by Crippen LogP contribution is -2.54. The van der Waals surface area contributed by atoms with Gasteiger partial charge in [0.25, 0.3) is 5.88 Å². The molecule has 8 heterocycles. The standard InChI is InChI=1S/C58H71N11O8S/c1-5-46(36-10-12-37(13-11-36)55-35(4)61-33-78-55)62-57(72)49-25-41(70)32-68(49)58(73)54(34(2)3)51-29-53(65-77-51)74-23-22-66-20-17-42(18-21-66)75-43-26-44(27-43)76-52-24-38(16-19-60-52)69-39-14-15-40(69)31-67(30-39)48-28-47(63-64-56(48)59)45-8-6-7-9-50(45)71/h6-13,16,19,24,28-29,33-34,39-44,46,49,54,70-71H,5,14-15,17-18,20-23,25-27,30-32H2,1-4H3,(H2,59,64)(H,62,72)/t39?,40?,41-,43-,44-,46+,49+,54-/m1/s1. The lowest BCUT2D eigenvalue weighted by atomic mass is 9.91. The lowest BCUT2D eigenvalue weighted by Gasteiger charge is -2.43. The van der Waals surface area contributed by atoms with E-state index in [2.05, 4.69) is 57.5 Å². The molecule has 20 heteroatoms. The first-order valence-corrected chi connectivity index (χ1v) is 28.6. The van der Waals surface area contributed by atoms with Gasteiger partial charge in [0, 0.05) is 100 Å². The van der Waals surface area contributed by atoms with Crippen molar-refractivity contribution in [3.8, 4) is 39.2 Å². The van der Waals surface area contributed by atoms with E-state index in [0.29, 0.717) is 54.2 Å². The summed E-state index contributed by atoms with van der Waals surface area (Å²) in [5.41, 5.74) is 14.4. The molecule has 1 saturated carbocycles. The highest BCUT2D eigenvalue weighted by molar-refractivity contribution is 7.13. The number of rotatable bonds is 19. The van der Waals surface area contributed by atoms with Crippen LogP contribution in [0.2, 0.25) is 0 Å². The van der Waals surface area contributed by atoms with E-state index in [1.54, 1.807) is 29.5 Å². The van der Waals surface area contributed by atoms with Crippen LogP contribution < -0.4 is 30.3 Å². The molecular formula is C58H71N11O8S. The van der Waals surface area contributed by atoms with Crippen LogP contribution >= 0.6 is 11.3 Å². The molecule has 6 atom stereocenters. The molecule has 5 N–H and O–H groups in total. The number of thiazole rings is 1. The van der Waals surface area contributed by atoms with Gasteiger partial charge in [-0.1, -0.05) is 57.2 Å². The number of ether oxygens (including phenoxy) is 3. The van der Waals surface area contributed by atoms with E-state index in [1.807, 2.05) is 81.9 Å². The number of piperidine rings is 1. The van der Waals surface area contributed by atoms with Crippen molar-refractivity contribution in [1.29, 1.82) is 0 Å². The molecule has 19 nitrogen and oxygen atoms in total. The molecule has 4 aliphatic heterocycles. The van der Waals surface area contributed by atoms with E-state index in [-0.39, 0.29) is 72.9 Å². The van der Waals surface area contributed by atoms with Gasteiger partial charge >= 0.3 is 0 Å². The second-order valence-electron chi connectivity index (χ2n) is 22.0. The molecule has 0 spiro atoms. The van der Waals surface area contributed by atoms with Gasteiger partial charge < -0.3 is 54.7 Å². The monoisotopic (exact) mass is 1080 g/mol. The Balaban J connectivity index is 0.604. The van der Waals surface area contributed by atoms with Gasteiger partial charge in [-0.25, -0.2) is 9.97 Å². The molecule has 0 radical (unpaired) electrons. The van der Waals surface area contributed by atoms with E-state index in [9.17, 15) is 19.8 Å². The number of aromatic nitrogens is 5. The van der Waals surface area contributed by atoms with Crippen molar-refractivity contribution in [3.63, 3.8) is 0 Å². The number of phenols is 1. The Morgan fingerprint density at radius 2 is 1.67 bits per heavy atom. The summed E-state index contributed by atoms with van der Waals surface area (Å²) in [5.74, 6) is 0.366. The highest BCUT2D eigenvalue weighted by Gasteiger charge is 2.45. The zero-order chi connectivity index (χ0) is 54.0. The number of amides is 2. The molecular weight excluding hydrogens is 1010 g/mol. The van der Waals surface area contributed by atoms with Crippen molar-refractivity contribution in [1.82, 2.24) is 40.4 Å². The van der Waals surface area contributed by atoms with Crippen LogP contribution in [0.1, 0.15) is 101 Å². The number of fused-ring (bicyclic) bond motifs is 2. The number of aryl methyl sites for hydroxylation is 1. The Kier molecular flexibility index (Phi) is 15.8. The number of hydrogen-bond donors (Lipinski definition) is 4. The minimum atomic E-state index is -0.828. The second kappa shape index (κ2) is 23.2. The maximum Gasteiger partial charge on any atom is 0.254 e. The number of nitrogens with one attached hydrogen (secondary N) is 1. The van der Waals surface area contributed by atoms with Crippen LogP contribution in [0, 0.1) is 12.8 Å². The molecule has 4 saturated heterocycles. The molecule has 2 bridgehead atoms. The Labute approximate surface area is 459 Å². The summed E-state index contributed by atoms with van der Waals surface area (Å²) < 4.78 is 24.8. The van der Waals surface area contributed by atoms with Crippen LogP contribution in [0.4, 0.5) is 17.2 Å². The Morgan fingerprint density at radius 1 is 0.897 bits per heavy atom. The van der Waals surface area contributed by atoms with Crippen LogP contribution in [0.5, 0.6) is 17.5 Å². The summed E-state index contributed by atoms with van der Waals surface area (Å²) in [7, 11) is 0. The Hall–Kier alpha value is -6.87. The zero-order valence-electron chi connectivity index (χ0n) is 44.8. The SMILES string of the molecule is CC[C@H](NC(=O)[C@@H]1C[C@@H](O)CN1C(=O)[C@@H](c1cc(OCCN2CCC(O[C@H]3C[C@H](Oc4cc(N5C6CCC5CN(c5cc(-c7ccccc7O)nnc5N)C6)ccn4)C3)CC2)no1)C(C)C)c1ccc(-c2scnc2C)cc1. The number of likely N-dealkylation sites (tertiary alicyclic amines) is 2. The van der Waals surface area contributed by atoms with Gasteiger partial charge in [0.2, 0.25) is 17.7 Å². The number of aliphatic hydroxyl groups excluding tert-OH is 1. The molecule has 2 unspecified atom stereocenters. The van der Waals surface area contributed by atoms with Crippen molar-refractivity contribution in [2.45, 2.75) is 134 Å². The maximum atomic E-state index is 14.3. The summed E-state index contributed by atoms with van der Waals surface area (Å²) in [5, 5.41) is 37.2. The van der Waals surface area contributed by atoms with Crippen LogP contribution in [0.25, 0.3) is 21.7 Å². The van der Waals surface area contributed by atoms with Gasteiger partial charge in [0.1, 0.15) is 30.4 Å². The lowest BCUT2D eigenvalue weighted by molar-refractivity contribution is -0.141. The van der Waals surface area contributed by atoms with Gasteiger partial charge in [0.15, 0.2) is 11.6 Å². The molecule has 5 aliphatic rings. The summed E-state index contributed by atoms with van der Waals surface area (Å²) in [6, 6.07) is 22.5. The topological polar surface area (TPSA) is 231 Å². The summed E-state index contributed by atoms with van der Waals surface area (Å²) >= 11 is 1.60. The van der Waals surface area contributed by atoms with Crippen LogP contribution in [-0.4, -0.2) is 146 Å². The van der Waals surface area contributed by atoms with Gasteiger partial charge in [-0.3, -0.25) is 14.5 Å². The first-order chi connectivity index (χ1) is 37.8. The van der Waals surface area contributed by atoms with Gasteiger partial charge in [0.05, 0.1) is 51.8 Å². The number of nitrogen functional groups attached to an aromatic ring is 1. The fourth-order valence-electron chi connectivity index (χ4n) is 12.2. The maximum absolute atomic E-state index is 14.3. The number of anilines is 3. The number of para-hydroxylation sites is 1. The molecule has 4 aromatic heterocycles. The number of hydrogen-bond acceptors (Lipinski definition) is 18. The fraction of sp³-hybridized carbons (Fsp3) is 0.500. The normalized spacial score (nSPS) is 23.3. The molecule has 5 fully saturated rings. The number of carbonyl (C=O) groups is 2. The minimum absolute atomic E-state index is 0.0552. The second-order valence-corrected chi connectivity index (χ2v) is 22.8. The number of nitrogens with two attached hydrogens (primary N) is 1. The predicted molar refractivity (Wildman–Crippen MR) is 296 cm³/mol. The first-order valence-electron chi connectivity index (χ1n) is 27.7. The highest BCUT2D eigenvalue weighted by Crippen LogP contribution is 2.41. The van der Waals surface area contributed by atoms with Gasteiger partial charge in [-0.05, 0) is 85.5 Å². The van der Waals surface area contributed by atoms with Crippen molar-refractivity contribution in [3.05, 3.63) is 102 Å². The smallest absolute Gasteiger partial charge is 0.254 e. The zero-order valence-corrected chi connectivity index (χ0v) is 45.6. The van der Waals surface area contributed by atoms with Crippen molar-refractivity contribution in [2.75, 3.05) is 61.4 Å². The third-order valence-electron chi connectivity index (χ3n) is 16.4. The molecule has 11 rings (SSSR count). The largest absolute Gasteiger partial charge is 0.507 e. The summed E-state index contributed by atoms with van der Waals surface area (Å²) in [6.07, 6.45) is 7.89. The van der Waals surface area contributed by atoms with Crippen LogP contribution in [0.3, 0.4) is 0 Å². The van der Waals surface area contributed by atoms with E-state index >= 15 is 0 Å². The van der Waals surface area contributed by atoms with Crippen molar-refractivity contribution in [2.24, 2.45) is 5.92 Å². The third kappa shape index (κ3) is 11.5. The highest BCUT2D eigenvalue weighted by atomic mass is 32.1. The number of nitrogens with zero attached hydrogens (tertiary/aromatic N) is 9. The van der Waals surface area contributed by atoms with E-state index in [0.717, 1.165) is 97.8 Å². The van der Waals surface area contributed by atoms with Gasteiger partial charge in [-0.2, -0.15) is 0 Å². The van der Waals surface area contributed by atoms with Crippen LogP contribution in [-0.2, 0) is 14.3 Å². The molecule has 2 amide bonds. The average Bonchev–Trinajstić information content (AvgIpc) is 4.36. The Morgan fingerprint density at radius 3 is 2.38 bits per heavy atom. The molecule has 412 valence electrons. The van der Waals surface area contributed by atoms with E-state index in [1.165, 1.54) is 4.90 Å². The number of β-amino-alcohol motifs (C(OH)–C–C–N with tert-alkyl or cyclic N) is 1. The Bertz CT molecular complexity index is 3020. The van der Waals surface area contributed by atoms with Crippen molar-refractivity contribution >= 4 is 40.3 Å². The molecule has 78 heavy (non-hydrogen) atoms. The number of aliphatic hydroxyl groups is 1. The first kappa shape index (κ1) is 53.1. The fourth-order valence-corrected chi connectivity index (χ4v) is 13.0. The van der Waals surface area contributed by atoms with Crippen molar-refractivity contribution < 1.29 is 38.5 Å². The summed E-state index contributed by atoms with van der Waals surface area (Å²) in [6.45, 7) is 12.4. The third-order valence-corrected chi connectivity index (χ3v) is 17.4. The number of aromatic hydroxyl groups is 1. The number of phenolic OH excluding ortho intramolecular Hbond substituents is 1. The number of carbonyl (C=O) groups excluding carboxylic acids is 2. The number of pyridine rings is 1. The molecule has 2 aromatic carbocycles.